The highest BCUT2D eigenvalue weighted by atomic mass is 32.2. The first kappa shape index (κ1) is 15.3. The molecule has 4 nitrogen and oxygen atoms in total. The highest BCUT2D eigenvalue weighted by Gasteiger charge is 2.39. The average molecular weight is 272 g/mol. The Labute approximate surface area is 114 Å². The Balaban J connectivity index is 2.72. The third kappa shape index (κ3) is 3.40. The Hall–Kier alpha value is -0.710. The van der Waals surface area contributed by atoms with Crippen LogP contribution in [0.2, 0.25) is 0 Å². The Morgan fingerprint density at radius 2 is 2.06 bits per heavy atom. The maximum absolute atomic E-state index is 12.4. The first-order valence-corrected chi connectivity index (χ1v) is 7.86. The van der Waals surface area contributed by atoms with Crippen LogP contribution in [0.15, 0.2) is 0 Å². The van der Waals surface area contributed by atoms with Gasteiger partial charge in [0, 0.05) is 12.3 Å². The number of hydrogen-bond acceptors (Lipinski definition) is 3. The van der Waals surface area contributed by atoms with Gasteiger partial charge in [0.25, 0.3) is 0 Å². The van der Waals surface area contributed by atoms with Crippen molar-refractivity contribution in [1.82, 2.24) is 10.2 Å². The molecule has 1 rings (SSSR count). The van der Waals surface area contributed by atoms with Crippen molar-refractivity contribution in [3.8, 4) is 0 Å². The molecule has 104 valence electrons. The standard InChI is InChI=1S/C13H24N2O2S/c1-5-9(3)11-13(17)15(7-8-18-6-2)10(4)12(16)14-11/h9-11H,5-8H2,1-4H3,(H,14,16). The SMILES string of the molecule is CCSCCN1C(=O)C(C(C)CC)NC(=O)C1C. The molecule has 3 unspecified atom stereocenters. The number of rotatable bonds is 6. The van der Waals surface area contributed by atoms with Gasteiger partial charge in [-0.1, -0.05) is 27.2 Å². The van der Waals surface area contributed by atoms with Gasteiger partial charge in [-0.05, 0) is 18.6 Å². The molecule has 0 radical (unpaired) electrons. The van der Waals surface area contributed by atoms with Crippen molar-refractivity contribution in [2.75, 3.05) is 18.1 Å². The molecule has 3 atom stereocenters. The molecule has 1 N–H and O–H groups in total. The highest BCUT2D eigenvalue weighted by molar-refractivity contribution is 7.99. The highest BCUT2D eigenvalue weighted by Crippen LogP contribution is 2.18. The van der Waals surface area contributed by atoms with Crippen molar-refractivity contribution in [2.45, 2.75) is 46.2 Å². The van der Waals surface area contributed by atoms with Gasteiger partial charge in [-0.25, -0.2) is 0 Å². The number of carbonyl (C=O) groups excluding carboxylic acids is 2. The van der Waals surface area contributed by atoms with Crippen LogP contribution >= 0.6 is 11.8 Å². The Kier molecular flexibility index (Phi) is 5.99. The molecule has 1 aliphatic rings. The van der Waals surface area contributed by atoms with E-state index in [0.717, 1.165) is 17.9 Å². The summed E-state index contributed by atoms with van der Waals surface area (Å²) in [5, 5.41) is 2.85. The van der Waals surface area contributed by atoms with E-state index in [1.807, 2.05) is 13.8 Å². The second-order valence-corrected chi connectivity index (χ2v) is 6.17. The molecule has 1 fully saturated rings. The lowest BCUT2D eigenvalue weighted by Crippen LogP contribution is -2.64. The van der Waals surface area contributed by atoms with Crippen LogP contribution in [0.1, 0.15) is 34.1 Å². The second-order valence-electron chi connectivity index (χ2n) is 4.78. The van der Waals surface area contributed by atoms with Gasteiger partial charge in [-0.3, -0.25) is 9.59 Å². The van der Waals surface area contributed by atoms with Gasteiger partial charge in [0.15, 0.2) is 0 Å². The molecule has 0 aromatic rings. The van der Waals surface area contributed by atoms with Crippen LogP contribution < -0.4 is 5.32 Å². The summed E-state index contributed by atoms with van der Waals surface area (Å²) in [6.07, 6.45) is 0.891. The number of nitrogens with one attached hydrogen (secondary N) is 1. The fourth-order valence-electron chi connectivity index (χ4n) is 2.08. The largest absolute Gasteiger partial charge is 0.342 e. The van der Waals surface area contributed by atoms with Crippen LogP contribution in [0.5, 0.6) is 0 Å². The zero-order valence-corrected chi connectivity index (χ0v) is 12.5. The smallest absolute Gasteiger partial charge is 0.246 e. The number of amides is 2. The lowest BCUT2D eigenvalue weighted by molar-refractivity contribution is -0.149. The van der Waals surface area contributed by atoms with Crippen molar-refractivity contribution in [3.63, 3.8) is 0 Å². The van der Waals surface area contributed by atoms with Crippen LogP contribution in [-0.4, -0.2) is 46.8 Å². The first-order chi connectivity index (χ1) is 8.52. The van der Waals surface area contributed by atoms with Gasteiger partial charge in [0.05, 0.1) is 0 Å². The molecule has 5 heteroatoms. The fraction of sp³-hybridized carbons (Fsp3) is 0.846. The fourth-order valence-corrected chi connectivity index (χ4v) is 2.69. The Bertz CT molecular complexity index is 309. The van der Waals surface area contributed by atoms with Gasteiger partial charge >= 0.3 is 0 Å². The van der Waals surface area contributed by atoms with E-state index >= 15 is 0 Å². The van der Waals surface area contributed by atoms with Crippen molar-refractivity contribution >= 4 is 23.6 Å². The molecule has 0 spiro atoms. The van der Waals surface area contributed by atoms with Crippen LogP contribution in [0, 0.1) is 5.92 Å². The zero-order valence-electron chi connectivity index (χ0n) is 11.7. The molecule has 1 heterocycles. The molecule has 0 bridgehead atoms. The predicted octanol–water partition coefficient (Wildman–Crippen LogP) is 1.50. The number of thioether (sulfide) groups is 1. The third-order valence-corrected chi connectivity index (χ3v) is 4.47. The van der Waals surface area contributed by atoms with Gasteiger partial charge in [-0.2, -0.15) is 11.8 Å². The van der Waals surface area contributed by atoms with E-state index < -0.39 is 0 Å². The first-order valence-electron chi connectivity index (χ1n) is 6.71. The van der Waals surface area contributed by atoms with Crippen LogP contribution in [0.4, 0.5) is 0 Å². The number of nitrogens with zero attached hydrogens (tertiary/aromatic N) is 1. The summed E-state index contributed by atoms with van der Waals surface area (Å²) < 4.78 is 0. The van der Waals surface area contributed by atoms with E-state index in [2.05, 4.69) is 12.2 Å². The summed E-state index contributed by atoms with van der Waals surface area (Å²) in [5.74, 6) is 2.18. The summed E-state index contributed by atoms with van der Waals surface area (Å²) in [5.41, 5.74) is 0. The molecule has 1 saturated heterocycles. The lowest BCUT2D eigenvalue weighted by atomic mass is 9.94. The molecule has 1 aliphatic heterocycles. The molecule has 0 aliphatic carbocycles. The van der Waals surface area contributed by atoms with Crippen LogP contribution in [0.3, 0.4) is 0 Å². The molecular formula is C13H24N2O2S. The molecule has 2 amide bonds. The van der Waals surface area contributed by atoms with Gasteiger partial charge in [0.1, 0.15) is 12.1 Å². The van der Waals surface area contributed by atoms with E-state index in [1.165, 1.54) is 0 Å². The second kappa shape index (κ2) is 7.02. The number of piperazine rings is 1. The number of carbonyl (C=O) groups is 2. The molecular weight excluding hydrogens is 248 g/mol. The molecule has 0 aromatic carbocycles. The van der Waals surface area contributed by atoms with Crippen molar-refractivity contribution < 1.29 is 9.59 Å². The third-order valence-electron chi connectivity index (χ3n) is 3.59. The van der Waals surface area contributed by atoms with Crippen molar-refractivity contribution in [1.29, 1.82) is 0 Å². The van der Waals surface area contributed by atoms with Crippen LogP contribution in [0.25, 0.3) is 0 Å². The minimum absolute atomic E-state index is 0.0265. The molecule has 0 saturated carbocycles. The maximum Gasteiger partial charge on any atom is 0.246 e. The average Bonchev–Trinajstić information content (AvgIpc) is 2.37. The normalized spacial score (nSPS) is 26.1. The monoisotopic (exact) mass is 272 g/mol. The van der Waals surface area contributed by atoms with Crippen LogP contribution in [-0.2, 0) is 9.59 Å². The summed E-state index contributed by atoms with van der Waals surface area (Å²) >= 11 is 1.80. The maximum atomic E-state index is 12.4. The molecule has 18 heavy (non-hydrogen) atoms. The lowest BCUT2D eigenvalue weighted by Gasteiger charge is -2.39. The van der Waals surface area contributed by atoms with Gasteiger partial charge in [-0.15, -0.1) is 0 Å². The quantitative estimate of drug-likeness (QED) is 0.746. The summed E-state index contributed by atoms with van der Waals surface area (Å²) in [6, 6.07) is -0.680. The van der Waals surface area contributed by atoms with E-state index in [9.17, 15) is 9.59 Å². The Morgan fingerprint density at radius 1 is 1.39 bits per heavy atom. The Morgan fingerprint density at radius 3 is 2.61 bits per heavy atom. The van der Waals surface area contributed by atoms with Crippen molar-refractivity contribution in [2.24, 2.45) is 5.92 Å². The van der Waals surface area contributed by atoms with E-state index in [-0.39, 0.29) is 29.8 Å². The van der Waals surface area contributed by atoms with E-state index in [1.54, 1.807) is 23.6 Å². The minimum Gasteiger partial charge on any atom is -0.342 e. The number of hydrogen-bond donors (Lipinski definition) is 1. The van der Waals surface area contributed by atoms with E-state index in [4.69, 9.17) is 0 Å². The van der Waals surface area contributed by atoms with Gasteiger partial charge in [0.2, 0.25) is 11.8 Å². The molecule has 0 aromatic heterocycles. The topological polar surface area (TPSA) is 49.4 Å². The van der Waals surface area contributed by atoms with E-state index in [0.29, 0.717) is 6.54 Å². The summed E-state index contributed by atoms with van der Waals surface area (Å²) in [7, 11) is 0. The predicted molar refractivity (Wildman–Crippen MR) is 75.6 cm³/mol. The van der Waals surface area contributed by atoms with Crippen molar-refractivity contribution in [3.05, 3.63) is 0 Å². The summed E-state index contributed by atoms with van der Waals surface area (Å²) in [4.78, 5) is 26.0. The minimum atomic E-state index is -0.342. The van der Waals surface area contributed by atoms with Gasteiger partial charge < -0.3 is 10.2 Å². The zero-order chi connectivity index (χ0) is 13.7. The summed E-state index contributed by atoms with van der Waals surface area (Å²) in [6.45, 7) is 8.62.